The third-order valence-electron chi connectivity index (χ3n) is 4.81. The van der Waals surface area contributed by atoms with Gasteiger partial charge >= 0.3 is 0 Å². The number of nitrogens with zero attached hydrogens (tertiary/aromatic N) is 8. The molecule has 5 rings (SSSR count). The van der Waals surface area contributed by atoms with Crippen molar-refractivity contribution in [1.82, 2.24) is 38.9 Å². The maximum Gasteiger partial charge on any atom is 0.218 e. The molecule has 0 saturated carbocycles. The summed E-state index contributed by atoms with van der Waals surface area (Å²) in [5.74, 6) is 2.57. The van der Waals surface area contributed by atoms with Crippen molar-refractivity contribution in [1.29, 1.82) is 0 Å². The summed E-state index contributed by atoms with van der Waals surface area (Å²) in [6.45, 7) is 2.05. The number of nitrogens with one attached hydrogen (secondary N) is 1. The Balaban J connectivity index is 1.74. The Hall–Kier alpha value is -4.01. The summed E-state index contributed by atoms with van der Waals surface area (Å²) in [5, 5.41) is 12.6. The van der Waals surface area contributed by atoms with Crippen LogP contribution in [0.5, 0.6) is 0 Å². The summed E-state index contributed by atoms with van der Waals surface area (Å²) in [4.78, 5) is 13.5. The summed E-state index contributed by atoms with van der Waals surface area (Å²) < 4.78 is 5.51. The van der Waals surface area contributed by atoms with Gasteiger partial charge in [-0.05, 0) is 30.7 Å². The lowest BCUT2D eigenvalue weighted by molar-refractivity contribution is 0.770. The maximum absolute atomic E-state index is 4.78. The Morgan fingerprint density at radius 2 is 1.86 bits per heavy atom. The molecule has 0 atom stereocenters. The van der Waals surface area contributed by atoms with E-state index >= 15 is 0 Å². The lowest BCUT2D eigenvalue weighted by Crippen LogP contribution is -2.06. The van der Waals surface area contributed by atoms with Gasteiger partial charge in [-0.2, -0.15) is 5.10 Å². The van der Waals surface area contributed by atoms with Gasteiger partial charge in [-0.25, -0.2) is 19.5 Å². The van der Waals surface area contributed by atoms with Crippen LogP contribution in [-0.4, -0.2) is 38.9 Å². The molecule has 0 aliphatic carbocycles. The van der Waals surface area contributed by atoms with Gasteiger partial charge in [-0.15, -0.1) is 5.10 Å². The molecule has 0 radical (unpaired) electrons. The lowest BCUT2D eigenvalue weighted by atomic mass is 10.1. The minimum Gasteiger partial charge on any atom is -0.331 e. The van der Waals surface area contributed by atoms with E-state index in [1.807, 2.05) is 73.0 Å². The summed E-state index contributed by atoms with van der Waals surface area (Å²) in [7, 11) is 3.82. The molecule has 0 aliphatic rings. The van der Waals surface area contributed by atoms with E-state index in [4.69, 9.17) is 10.1 Å². The number of rotatable bonds is 4. The molecule has 0 amide bonds. The van der Waals surface area contributed by atoms with E-state index in [0.29, 0.717) is 23.3 Å². The number of fused-ring (bicyclic) bond motifs is 1. The standard InChI is InChI=1S/C20H19N9/c1-13-14(15-7-10-28(3)25-15)12-29-17(13)18(23-16-6-4-5-8-21-16)24-19(26-29)20-22-9-11-27(20)2/h4-12H,1-3H3,(H,21,23,24,26). The van der Waals surface area contributed by atoms with Crippen LogP contribution in [0.1, 0.15) is 5.56 Å². The fourth-order valence-corrected chi connectivity index (χ4v) is 3.37. The Bertz CT molecular complexity index is 1310. The van der Waals surface area contributed by atoms with Crippen molar-refractivity contribution in [3.63, 3.8) is 0 Å². The molecule has 29 heavy (non-hydrogen) atoms. The first-order valence-electron chi connectivity index (χ1n) is 9.16. The Morgan fingerprint density at radius 1 is 0.966 bits per heavy atom. The molecule has 9 heteroatoms. The molecule has 0 unspecified atom stereocenters. The first-order chi connectivity index (χ1) is 14.1. The highest BCUT2D eigenvalue weighted by Gasteiger charge is 2.19. The second-order valence-electron chi connectivity index (χ2n) is 6.82. The highest BCUT2D eigenvalue weighted by Crippen LogP contribution is 2.32. The Morgan fingerprint density at radius 3 is 2.55 bits per heavy atom. The third kappa shape index (κ3) is 2.92. The number of pyridine rings is 1. The minimum atomic E-state index is 0.519. The second-order valence-corrected chi connectivity index (χ2v) is 6.82. The molecule has 1 N–H and O–H groups in total. The van der Waals surface area contributed by atoms with E-state index in [9.17, 15) is 0 Å². The highest BCUT2D eigenvalue weighted by atomic mass is 15.3. The van der Waals surface area contributed by atoms with Crippen LogP contribution in [0, 0.1) is 6.92 Å². The molecule has 0 aliphatic heterocycles. The number of hydrogen-bond donors (Lipinski definition) is 1. The normalized spacial score (nSPS) is 11.3. The maximum atomic E-state index is 4.78. The van der Waals surface area contributed by atoms with Crippen LogP contribution in [0.3, 0.4) is 0 Å². The number of aromatic nitrogens is 8. The van der Waals surface area contributed by atoms with Gasteiger partial charge in [0, 0.05) is 50.6 Å². The SMILES string of the molecule is Cc1c(-c2ccn(C)n2)cn2nc(-c3nccn3C)nc(Nc3ccccn3)c12. The summed E-state index contributed by atoms with van der Waals surface area (Å²) >= 11 is 0. The smallest absolute Gasteiger partial charge is 0.218 e. The molecule has 0 bridgehead atoms. The van der Waals surface area contributed by atoms with Gasteiger partial charge in [0.05, 0.1) is 5.69 Å². The van der Waals surface area contributed by atoms with Crippen molar-refractivity contribution in [2.75, 3.05) is 5.32 Å². The van der Waals surface area contributed by atoms with E-state index in [-0.39, 0.29) is 0 Å². The van der Waals surface area contributed by atoms with Gasteiger partial charge in [0.2, 0.25) is 5.82 Å². The number of aryl methyl sites for hydroxylation is 3. The van der Waals surface area contributed by atoms with Gasteiger partial charge < -0.3 is 9.88 Å². The molecule has 9 nitrogen and oxygen atoms in total. The molecular formula is C20H19N9. The minimum absolute atomic E-state index is 0.519. The summed E-state index contributed by atoms with van der Waals surface area (Å²) in [6, 6.07) is 7.69. The predicted molar refractivity (Wildman–Crippen MR) is 110 cm³/mol. The van der Waals surface area contributed by atoms with Gasteiger partial charge in [0.1, 0.15) is 11.3 Å². The average molecular weight is 385 g/mol. The first-order valence-corrected chi connectivity index (χ1v) is 9.16. The van der Waals surface area contributed by atoms with Crippen molar-refractivity contribution in [3.8, 4) is 22.9 Å². The highest BCUT2D eigenvalue weighted by molar-refractivity contribution is 5.83. The van der Waals surface area contributed by atoms with E-state index in [0.717, 1.165) is 22.3 Å². The molecule has 144 valence electrons. The van der Waals surface area contributed by atoms with Gasteiger partial charge in [0.25, 0.3) is 0 Å². The monoisotopic (exact) mass is 385 g/mol. The molecule has 0 spiro atoms. The quantitative estimate of drug-likeness (QED) is 0.511. The molecular weight excluding hydrogens is 366 g/mol. The van der Waals surface area contributed by atoms with Crippen LogP contribution in [0.25, 0.3) is 28.4 Å². The number of hydrogen-bond acceptors (Lipinski definition) is 6. The predicted octanol–water partition coefficient (Wildman–Crippen LogP) is 2.98. The van der Waals surface area contributed by atoms with E-state index < -0.39 is 0 Å². The number of imidazole rings is 1. The molecule has 5 aromatic rings. The van der Waals surface area contributed by atoms with Crippen LogP contribution < -0.4 is 5.32 Å². The van der Waals surface area contributed by atoms with Crippen molar-refractivity contribution < 1.29 is 0 Å². The largest absolute Gasteiger partial charge is 0.331 e. The van der Waals surface area contributed by atoms with E-state index in [1.54, 1.807) is 17.1 Å². The first kappa shape index (κ1) is 17.1. The van der Waals surface area contributed by atoms with Crippen LogP contribution in [-0.2, 0) is 14.1 Å². The van der Waals surface area contributed by atoms with Crippen molar-refractivity contribution in [2.45, 2.75) is 6.92 Å². The zero-order chi connectivity index (χ0) is 20.0. The van der Waals surface area contributed by atoms with Crippen molar-refractivity contribution >= 4 is 17.2 Å². The van der Waals surface area contributed by atoms with Crippen LogP contribution >= 0.6 is 0 Å². The molecule has 0 aromatic carbocycles. The molecule has 5 aromatic heterocycles. The summed E-state index contributed by atoms with van der Waals surface area (Å²) in [6.07, 6.45) is 9.24. The van der Waals surface area contributed by atoms with Gasteiger partial charge in [-0.1, -0.05) is 6.07 Å². The zero-order valence-electron chi connectivity index (χ0n) is 16.3. The van der Waals surface area contributed by atoms with Crippen molar-refractivity contribution in [3.05, 3.63) is 60.8 Å². The lowest BCUT2D eigenvalue weighted by Gasteiger charge is -2.10. The van der Waals surface area contributed by atoms with E-state index in [2.05, 4.69) is 20.4 Å². The fraction of sp³-hybridized carbons (Fsp3) is 0.150. The molecule has 5 heterocycles. The number of anilines is 2. The Labute approximate surface area is 166 Å². The molecule has 0 saturated heterocycles. The third-order valence-corrected chi connectivity index (χ3v) is 4.81. The van der Waals surface area contributed by atoms with E-state index in [1.165, 1.54) is 0 Å². The zero-order valence-corrected chi connectivity index (χ0v) is 16.3. The van der Waals surface area contributed by atoms with Gasteiger partial charge in [-0.3, -0.25) is 4.68 Å². The second kappa shape index (κ2) is 6.55. The van der Waals surface area contributed by atoms with Crippen LogP contribution in [0.15, 0.2) is 55.2 Å². The van der Waals surface area contributed by atoms with Crippen LogP contribution in [0.4, 0.5) is 11.6 Å². The average Bonchev–Trinajstić information content (AvgIpc) is 3.41. The van der Waals surface area contributed by atoms with Crippen LogP contribution in [0.2, 0.25) is 0 Å². The van der Waals surface area contributed by atoms with Gasteiger partial charge in [0.15, 0.2) is 11.6 Å². The van der Waals surface area contributed by atoms with Crippen molar-refractivity contribution in [2.24, 2.45) is 14.1 Å². The summed E-state index contributed by atoms with van der Waals surface area (Å²) in [5.41, 5.74) is 3.79. The fourth-order valence-electron chi connectivity index (χ4n) is 3.37. The molecule has 0 fully saturated rings. The Kier molecular flexibility index (Phi) is 3.87. The topological polar surface area (TPSA) is 90.8 Å².